The van der Waals surface area contributed by atoms with E-state index in [4.69, 9.17) is 0 Å². The van der Waals surface area contributed by atoms with E-state index in [1.165, 1.54) is 0 Å². The third-order valence-electron chi connectivity index (χ3n) is 2.26. The molecule has 0 saturated carbocycles. The summed E-state index contributed by atoms with van der Waals surface area (Å²) in [6.45, 7) is 4.39. The van der Waals surface area contributed by atoms with Gasteiger partial charge in [0.2, 0.25) is 6.08 Å². The Labute approximate surface area is 87.4 Å². The maximum atomic E-state index is 10.3. The van der Waals surface area contributed by atoms with E-state index in [-0.39, 0.29) is 0 Å². The first-order valence-corrected chi connectivity index (χ1v) is 4.63. The van der Waals surface area contributed by atoms with E-state index in [1.54, 1.807) is 12.2 Å². The molecule has 3 heteroatoms. The molecule has 1 aromatic heterocycles. The predicted octanol–water partition coefficient (Wildman–Crippen LogP) is 2.79. The quantitative estimate of drug-likeness (QED) is 0.424. The van der Waals surface area contributed by atoms with Crippen molar-refractivity contribution >= 4 is 22.7 Å². The number of allylic oxidation sites excluding steroid dienone is 1. The molecule has 0 radical (unpaired) electrons. The molecule has 0 aliphatic carbocycles. The fourth-order valence-electron chi connectivity index (χ4n) is 1.66. The molecule has 3 nitrogen and oxygen atoms in total. The normalized spacial score (nSPS) is 9.87. The van der Waals surface area contributed by atoms with Gasteiger partial charge in [-0.2, -0.15) is 4.99 Å². The summed E-state index contributed by atoms with van der Waals surface area (Å²) in [6, 6.07) is 7.80. The topological polar surface area (TPSA) is 34.4 Å². The Morgan fingerprint density at radius 3 is 3.00 bits per heavy atom. The van der Waals surface area contributed by atoms with Crippen LogP contribution in [0.25, 0.3) is 10.9 Å². The van der Waals surface area contributed by atoms with Gasteiger partial charge in [-0.05, 0) is 6.07 Å². The fourth-order valence-corrected chi connectivity index (χ4v) is 1.66. The van der Waals surface area contributed by atoms with Gasteiger partial charge < -0.3 is 4.57 Å². The molecule has 0 saturated heterocycles. The van der Waals surface area contributed by atoms with Crippen LogP contribution in [0.3, 0.4) is 0 Å². The summed E-state index contributed by atoms with van der Waals surface area (Å²) in [6.07, 6.45) is 5.20. The number of carbonyl (C=O) groups excluding carboxylic acids is 1. The second kappa shape index (κ2) is 3.95. The molecule has 0 unspecified atom stereocenters. The van der Waals surface area contributed by atoms with E-state index in [2.05, 4.69) is 11.6 Å². The van der Waals surface area contributed by atoms with Gasteiger partial charge in [0, 0.05) is 18.1 Å². The minimum Gasteiger partial charge on any atom is -0.341 e. The highest BCUT2D eigenvalue weighted by Gasteiger charge is 2.05. The van der Waals surface area contributed by atoms with Crippen molar-refractivity contribution in [3.8, 4) is 0 Å². The lowest BCUT2D eigenvalue weighted by molar-refractivity contribution is 0.565. The van der Waals surface area contributed by atoms with Crippen molar-refractivity contribution in [2.24, 2.45) is 4.99 Å². The van der Waals surface area contributed by atoms with E-state index in [0.717, 1.165) is 10.9 Å². The predicted molar refractivity (Wildman–Crippen MR) is 59.9 cm³/mol. The van der Waals surface area contributed by atoms with E-state index < -0.39 is 0 Å². The summed E-state index contributed by atoms with van der Waals surface area (Å²) in [5, 5.41) is 0.961. The monoisotopic (exact) mass is 198 g/mol. The largest absolute Gasteiger partial charge is 0.341 e. The lowest BCUT2D eigenvalue weighted by Crippen LogP contribution is -1.90. The number of benzene rings is 1. The molecular formula is C12H10N2O. The number of hydrogen-bond acceptors (Lipinski definition) is 2. The highest BCUT2D eigenvalue weighted by Crippen LogP contribution is 2.27. The molecule has 0 spiro atoms. The number of para-hydroxylation sites is 1. The standard InChI is InChI=1S/C12H10N2O/c1-2-7-14-8-11(13-9-15)10-5-3-4-6-12(10)14/h2-6,8H,1,7H2. The van der Waals surface area contributed by atoms with Crippen molar-refractivity contribution in [2.75, 3.05) is 0 Å². The van der Waals surface area contributed by atoms with Crippen LogP contribution in [-0.4, -0.2) is 10.6 Å². The molecule has 0 atom stereocenters. The summed E-state index contributed by atoms with van der Waals surface area (Å²) >= 11 is 0. The van der Waals surface area contributed by atoms with E-state index in [1.807, 2.05) is 35.0 Å². The molecule has 0 bridgehead atoms. The van der Waals surface area contributed by atoms with Gasteiger partial charge in [0.25, 0.3) is 0 Å². The SMILES string of the molecule is C=CCn1cc(N=C=O)c2ccccc21. The third-order valence-corrected chi connectivity index (χ3v) is 2.26. The molecule has 0 amide bonds. The van der Waals surface area contributed by atoms with E-state index >= 15 is 0 Å². The van der Waals surface area contributed by atoms with Gasteiger partial charge in [-0.15, -0.1) is 6.58 Å². The van der Waals surface area contributed by atoms with Crippen LogP contribution >= 0.6 is 0 Å². The zero-order chi connectivity index (χ0) is 10.7. The smallest absolute Gasteiger partial charge is 0.240 e. The number of aliphatic imine (C=N–C) groups is 1. The average Bonchev–Trinajstić information content (AvgIpc) is 2.59. The molecule has 0 N–H and O–H groups in total. The molecule has 1 heterocycles. The van der Waals surface area contributed by atoms with Gasteiger partial charge in [-0.1, -0.05) is 24.3 Å². The minimum atomic E-state index is 0.655. The number of hydrogen-bond donors (Lipinski definition) is 0. The Morgan fingerprint density at radius 2 is 2.27 bits per heavy atom. The highest BCUT2D eigenvalue weighted by atomic mass is 16.1. The Hall–Kier alpha value is -2.12. The van der Waals surface area contributed by atoms with Crippen LogP contribution in [0.1, 0.15) is 0 Å². The summed E-state index contributed by atoms with van der Waals surface area (Å²) in [5.41, 5.74) is 1.70. The minimum absolute atomic E-state index is 0.655. The number of fused-ring (bicyclic) bond motifs is 1. The zero-order valence-electron chi connectivity index (χ0n) is 8.18. The van der Waals surface area contributed by atoms with Crippen molar-refractivity contribution in [1.29, 1.82) is 0 Å². The average molecular weight is 198 g/mol. The van der Waals surface area contributed by atoms with Gasteiger partial charge in [-0.25, -0.2) is 4.79 Å². The summed E-state index contributed by atoms with van der Waals surface area (Å²) in [7, 11) is 0. The maximum Gasteiger partial charge on any atom is 0.240 e. The lowest BCUT2D eigenvalue weighted by atomic mass is 10.2. The van der Waals surface area contributed by atoms with Crippen molar-refractivity contribution in [3.05, 3.63) is 43.1 Å². The Bertz CT molecular complexity index is 548. The molecule has 1 aromatic carbocycles. The molecule has 2 rings (SSSR count). The number of aromatic nitrogens is 1. The van der Waals surface area contributed by atoms with Gasteiger partial charge in [-0.3, -0.25) is 0 Å². The second-order valence-electron chi connectivity index (χ2n) is 3.18. The third kappa shape index (κ3) is 1.60. The van der Waals surface area contributed by atoms with Crippen LogP contribution < -0.4 is 0 Å². The molecule has 2 aromatic rings. The highest BCUT2D eigenvalue weighted by molar-refractivity contribution is 5.92. The Kier molecular flexibility index (Phi) is 2.48. The molecule has 15 heavy (non-hydrogen) atoms. The molecule has 0 aliphatic rings. The fraction of sp³-hybridized carbons (Fsp3) is 0.0833. The van der Waals surface area contributed by atoms with Crippen LogP contribution in [-0.2, 0) is 11.3 Å². The first-order chi connectivity index (χ1) is 7.36. The van der Waals surface area contributed by atoms with Crippen LogP contribution in [0.4, 0.5) is 5.69 Å². The second-order valence-corrected chi connectivity index (χ2v) is 3.18. The molecule has 0 aliphatic heterocycles. The molecule has 74 valence electrons. The van der Waals surface area contributed by atoms with Crippen LogP contribution in [0.15, 0.2) is 48.1 Å². The van der Waals surface area contributed by atoms with Crippen LogP contribution in [0.5, 0.6) is 0 Å². The first-order valence-electron chi connectivity index (χ1n) is 4.63. The molecule has 0 fully saturated rings. The first kappa shape index (κ1) is 9.44. The van der Waals surface area contributed by atoms with Gasteiger partial charge in [0.05, 0.1) is 5.52 Å². The van der Waals surface area contributed by atoms with Gasteiger partial charge in [0.1, 0.15) is 5.69 Å². The lowest BCUT2D eigenvalue weighted by Gasteiger charge is -1.98. The van der Waals surface area contributed by atoms with E-state index in [0.29, 0.717) is 12.2 Å². The Balaban J connectivity index is 2.72. The maximum absolute atomic E-state index is 10.3. The van der Waals surface area contributed by atoms with Crippen LogP contribution in [0.2, 0.25) is 0 Å². The summed E-state index contributed by atoms with van der Waals surface area (Å²) < 4.78 is 2.00. The van der Waals surface area contributed by atoms with Crippen molar-refractivity contribution in [3.63, 3.8) is 0 Å². The summed E-state index contributed by atoms with van der Waals surface area (Å²) in [4.78, 5) is 13.9. The van der Waals surface area contributed by atoms with Gasteiger partial charge in [0.15, 0.2) is 0 Å². The van der Waals surface area contributed by atoms with Crippen molar-refractivity contribution in [2.45, 2.75) is 6.54 Å². The number of nitrogens with zero attached hydrogens (tertiary/aromatic N) is 2. The Morgan fingerprint density at radius 1 is 1.47 bits per heavy atom. The molecular weight excluding hydrogens is 188 g/mol. The van der Waals surface area contributed by atoms with Gasteiger partial charge >= 0.3 is 0 Å². The summed E-state index contributed by atoms with van der Waals surface area (Å²) in [5.74, 6) is 0. The number of isocyanates is 1. The van der Waals surface area contributed by atoms with Crippen molar-refractivity contribution in [1.82, 2.24) is 4.57 Å². The number of rotatable bonds is 3. The van der Waals surface area contributed by atoms with Crippen LogP contribution in [0, 0.1) is 0 Å². The zero-order valence-corrected chi connectivity index (χ0v) is 8.18. The van der Waals surface area contributed by atoms with E-state index in [9.17, 15) is 4.79 Å². The van der Waals surface area contributed by atoms with Crippen molar-refractivity contribution < 1.29 is 4.79 Å².